The van der Waals surface area contributed by atoms with Crippen LogP contribution in [0.1, 0.15) is 32.8 Å². The number of carbonyl (C=O) groups is 1. The molecule has 0 atom stereocenters. The molecule has 0 bridgehead atoms. The quantitative estimate of drug-likeness (QED) is 0.809. The maximum Gasteiger partial charge on any atom is 0.225 e. The first-order valence-corrected chi connectivity index (χ1v) is 7.17. The van der Waals surface area contributed by atoms with Gasteiger partial charge in [-0.1, -0.05) is 0 Å². The average molecular weight is 360 g/mol. The molecule has 2 N–H and O–H groups in total. The minimum atomic E-state index is 0.0519. The Bertz CT molecular complexity index is 424. The third-order valence-corrected chi connectivity index (χ3v) is 3.14. The Kier molecular flexibility index (Phi) is 5.59. The van der Waals surface area contributed by atoms with Gasteiger partial charge >= 0.3 is 0 Å². The van der Waals surface area contributed by atoms with Gasteiger partial charge in [0.1, 0.15) is 0 Å². The van der Waals surface area contributed by atoms with Crippen molar-refractivity contribution < 1.29 is 4.79 Å². The molecule has 0 fully saturated rings. The van der Waals surface area contributed by atoms with Gasteiger partial charge in [0.2, 0.25) is 5.91 Å². The number of anilines is 1. The maximum absolute atomic E-state index is 11.8. The van der Waals surface area contributed by atoms with E-state index < -0.39 is 0 Å². The summed E-state index contributed by atoms with van der Waals surface area (Å²) in [7, 11) is 0. The van der Waals surface area contributed by atoms with Gasteiger partial charge in [-0.15, -0.1) is 0 Å². The van der Waals surface area contributed by atoms with E-state index in [1.54, 1.807) is 0 Å². The number of nitrogens with one attached hydrogen (secondary N) is 2. The minimum Gasteiger partial charge on any atom is -0.326 e. The molecule has 0 unspecified atom stereocenters. The lowest BCUT2D eigenvalue weighted by molar-refractivity contribution is -0.116. The number of hydrogen-bond acceptors (Lipinski definition) is 2. The van der Waals surface area contributed by atoms with Crippen LogP contribution in [0.2, 0.25) is 0 Å². The maximum atomic E-state index is 11.8. The number of benzene rings is 1. The molecule has 0 spiro atoms. The second kappa shape index (κ2) is 6.52. The Morgan fingerprint density at radius 3 is 2.56 bits per heavy atom. The fraction of sp³-hybridized carbons (Fsp3) is 0.500. The lowest BCUT2D eigenvalue weighted by Crippen LogP contribution is -2.37. The number of aryl methyl sites for hydroxylation is 1. The van der Waals surface area contributed by atoms with Gasteiger partial charge in [0.05, 0.1) is 0 Å². The molecule has 18 heavy (non-hydrogen) atoms. The van der Waals surface area contributed by atoms with E-state index in [1.165, 1.54) is 3.57 Å². The molecule has 0 aliphatic heterocycles. The van der Waals surface area contributed by atoms with Gasteiger partial charge in [-0.05, 0) is 74.0 Å². The van der Waals surface area contributed by atoms with Crippen LogP contribution in [-0.2, 0) is 4.79 Å². The molecule has 0 radical (unpaired) electrons. The van der Waals surface area contributed by atoms with Crippen LogP contribution in [0.3, 0.4) is 0 Å². The standard InChI is InChI=1S/C14H21IN2O/c1-10-9-11(15)5-6-12(10)17-13(18)7-8-16-14(2,3)4/h5-6,9,16H,7-8H2,1-4H3,(H,17,18). The van der Waals surface area contributed by atoms with Crippen LogP contribution in [0, 0.1) is 10.5 Å². The van der Waals surface area contributed by atoms with Crippen LogP contribution < -0.4 is 10.6 Å². The third-order valence-electron chi connectivity index (χ3n) is 2.47. The van der Waals surface area contributed by atoms with E-state index in [0.29, 0.717) is 13.0 Å². The first kappa shape index (κ1) is 15.4. The van der Waals surface area contributed by atoms with Crippen molar-refractivity contribution in [3.63, 3.8) is 0 Å². The van der Waals surface area contributed by atoms with E-state index in [4.69, 9.17) is 0 Å². The molecular weight excluding hydrogens is 339 g/mol. The summed E-state index contributed by atoms with van der Waals surface area (Å²) in [6, 6.07) is 6.01. The SMILES string of the molecule is Cc1cc(I)ccc1NC(=O)CCNC(C)(C)C. The van der Waals surface area contributed by atoms with E-state index in [-0.39, 0.29) is 11.4 Å². The number of rotatable bonds is 4. The smallest absolute Gasteiger partial charge is 0.225 e. The summed E-state index contributed by atoms with van der Waals surface area (Å²) in [6.07, 6.45) is 0.489. The lowest BCUT2D eigenvalue weighted by Gasteiger charge is -2.20. The molecule has 0 aromatic heterocycles. The van der Waals surface area contributed by atoms with Crippen LogP contribution >= 0.6 is 22.6 Å². The zero-order valence-corrected chi connectivity index (χ0v) is 13.6. The normalized spacial score (nSPS) is 11.4. The van der Waals surface area contributed by atoms with E-state index in [1.807, 2.05) is 19.1 Å². The molecule has 1 aromatic rings. The second-order valence-corrected chi connectivity index (χ2v) is 6.68. The zero-order valence-electron chi connectivity index (χ0n) is 11.4. The monoisotopic (exact) mass is 360 g/mol. The fourth-order valence-electron chi connectivity index (χ4n) is 1.53. The van der Waals surface area contributed by atoms with Crippen LogP contribution in [-0.4, -0.2) is 18.0 Å². The second-order valence-electron chi connectivity index (χ2n) is 5.43. The van der Waals surface area contributed by atoms with E-state index in [2.05, 4.69) is 60.1 Å². The van der Waals surface area contributed by atoms with Gasteiger partial charge in [0, 0.05) is 27.8 Å². The van der Waals surface area contributed by atoms with Gasteiger partial charge in [0.15, 0.2) is 0 Å². The van der Waals surface area contributed by atoms with Crippen molar-refractivity contribution in [2.24, 2.45) is 0 Å². The molecule has 1 rings (SSSR count). The van der Waals surface area contributed by atoms with Gasteiger partial charge in [-0.3, -0.25) is 4.79 Å². The molecule has 0 aliphatic rings. The zero-order chi connectivity index (χ0) is 13.8. The highest BCUT2D eigenvalue weighted by Gasteiger charge is 2.10. The Morgan fingerprint density at radius 1 is 1.33 bits per heavy atom. The summed E-state index contributed by atoms with van der Waals surface area (Å²) in [5.41, 5.74) is 2.05. The number of amides is 1. The van der Waals surface area contributed by atoms with Gasteiger partial charge < -0.3 is 10.6 Å². The number of halogens is 1. The van der Waals surface area contributed by atoms with E-state index in [9.17, 15) is 4.79 Å². The average Bonchev–Trinajstić information content (AvgIpc) is 2.20. The van der Waals surface area contributed by atoms with Crippen LogP contribution in [0.4, 0.5) is 5.69 Å². The van der Waals surface area contributed by atoms with E-state index in [0.717, 1.165) is 11.3 Å². The van der Waals surface area contributed by atoms with Crippen molar-refractivity contribution in [3.05, 3.63) is 27.3 Å². The van der Waals surface area contributed by atoms with Crippen LogP contribution in [0.15, 0.2) is 18.2 Å². The fourth-order valence-corrected chi connectivity index (χ4v) is 2.18. The van der Waals surface area contributed by atoms with E-state index >= 15 is 0 Å². The summed E-state index contributed by atoms with van der Waals surface area (Å²) in [5.74, 6) is 0.0519. The summed E-state index contributed by atoms with van der Waals surface area (Å²) < 4.78 is 1.18. The van der Waals surface area contributed by atoms with Crippen molar-refractivity contribution in [2.75, 3.05) is 11.9 Å². The molecule has 0 saturated carbocycles. The predicted molar refractivity (Wildman–Crippen MR) is 84.9 cm³/mol. The van der Waals surface area contributed by atoms with Gasteiger partial charge in [-0.25, -0.2) is 0 Å². The highest BCUT2D eigenvalue weighted by atomic mass is 127. The Hall–Kier alpha value is -0.620. The molecule has 0 saturated heterocycles. The van der Waals surface area contributed by atoms with Crippen molar-refractivity contribution in [2.45, 2.75) is 39.7 Å². The molecule has 0 aliphatic carbocycles. The number of hydrogen-bond donors (Lipinski definition) is 2. The van der Waals surface area contributed by atoms with Crippen molar-refractivity contribution in [3.8, 4) is 0 Å². The first-order valence-electron chi connectivity index (χ1n) is 6.09. The highest BCUT2D eigenvalue weighted by Crippen LogP contribution is 2.17. The minimum absolute atomic E-state index is 0.0519. The van der Waals surface area contributed by atoms with Crippen molar-refractivity contribution in [1.82, 2.24) is 5.32 Å². The predicted octanol–water partition coefficient (Wildman–Crippen LogP) is 3.32. The molecule has 1 amide bonds. The van der Waals surface area contributed by atoms with Gasteiger partial charge in [0.25, 0.3) is 0 Å². The molecule has 1 aromatic carbocycles. The van der Waals surface area contributed by atoms with Gasteiger partial charge in [-0.2, -0.15) is 0 Å². The topological polar surface area (TPSA) is 41.1 Å². The molecular formula is C14H21IN2O. The largest absolute Gasteiger partial charge is 0.326 e. The first-order chi connectivity index (χ1) is 8.28. The van der Waals surface area contributed by atoms with Crippen molar-refractivity contribution >= 4 is 34.2 Å². The summed E-state index contributed by atoms with van der Waals surface area (Å²) in [5, 5.41) is 6.24. The van der Waals surface area contributed by atoms with Crippen LogP contribution in [0.25, 0.3) is 0 Å². The lowest BCUT2D eigenvalue weighted by atomic mass is 10.1. The van der Waals surface area contributed by atoms with Crippen LogP contribution in [0.5, 0.6) is 0 Å². The highest BCUT2D eigenvalue weighted by molar-refractivity contribution is 14.1. The summed E-state index contributed by atoms with van der Waals surface area (Å²) >= 11 is 2.26. The third kappa shape index (κ3) is 5.82. The Morgan fingerprint density at radius 2 is 2.00 bits per heavy atom. The summed E-state index contributed by atoms with van der Waals surface area (Å²) in [6.45, 7) is 8.97. The number of carbonyl (C=O) groups excluding carboxylic acids is 1. The Balaban J connectivity index is 2.45. The molecule has 0 heterocycles. The molecule has 4 heteroatoms. The Labute approximate surface area is 123 Å². The molecule has 3 nitrogen and oxygen atoms in total. The molecule has 100 valence electrons. The summed E-state index contributed by atoms with van der Waals surface area (Å²) in [4.78, 5) is 11.8. The van der Waals surface area contributed by atoms with Crippen molar-refractivity contribution in [1.29, 1.82) is 0 Å².